The fourth-order valence-electron chi connectivity index (χ4n) is 0.632. The first kappa shape index (κ1) is 17.9. The van der Waals surface area contributed by atoms with E-state index in [4.69, 9.17) is 10.8 Å². The lowest BCUT2D eigenvalue weighted by Crippen LogP contribution is -2.31. The second-order valence-corrected chi connectivity index (χ2v) is 3.09. The summed E-state index contributed by atoms with van der Waals surface area (Å²) in [5, 5.41) is 7.00. The fraction of sp³-hybridized carbons (Fsp3) is 1.00. The van der Waals surface area contributed by atoms with Gasteiger partial charge in [-0.1, -0.05) is 33.6 Å². The van der Waals surface area contributed by atoms with Gasteiger partial charge in [-0.3, -0.25) is 0 Å². The second-order valence-electron chi connectivity index (χ2n) is 3.09. The molecule has 3 N–H and O–H groups in total. The Labute approximate surface area is 78.2 Å². The minimum absolute atomic E-state index is 0.0516. The Balaban J connectivity index is -0.000000175. The molecule has 2 nitrogen and oxygen atoms in total. The number of unbranched alkanes of at least 4 members (excludes halogenated alkanes) is 1. The summed E-state index contributed by atoms with van der Waals surface area (Å²) in [4.78, 5) is 0. The van der Waals surface area contributed by atoms with Crippen LogP contribution in [0.1, 0.15) is 53.9 Å². The molecule has 78 valence electrons. The summed E-state index contributed by atoms with van der Waals surface area (Å²) in [6.45, 7) is 10.3. The highest BCUT2D eigenvalue weighted by molar-refractivity contribution is 4.70. The van der Waals surface area contributed by atoms with E-state index < -0.39 is 0 Å². The molecule has 0 aromatic carbocycles. The standard InChI is InChI=1S/C7H17N.C2H6.CH4O/c1-4-5-6-7(2,3)8;2*1-2/h4-6,8H2,1-3H3;1-2H3;2H,1H3. The predicted octanol–water partition coefficient (Wildman–Crippen LogP) is 2.55. The van der Waals surface area contributed by atoms with Crippen molar-refractivity contribution in [1.29, 1.82) is 0 Å². The van der Waals surface area contributed by atoms with Gasteiger partial charge in [0.25, 0.3) is 0 Å². The third-order valence-electron chi connectivity index (χ3n) is 1.17. The lowest BCUT2D eigenvalue weighted by Gasteiger charge is -2.16. The third kappa shape index (κ3) is 32.6. The molecule has 0 radical (unpaired) electrons. The maximum Gasteiger partial charge on any atom is 0.0319 e. The average molecular weight is 177 g/mol. The molecule has 0 atom stereocenters. The highest BCUT2D eigenvalue weighted by atomic mass is 16.2. The molecule has 0 aliphatic heterocycles. The smallest absolute Gasteiger partial charge is 0.0319 e. The molecule has 0 aliphatic carbocycles. The quantitative estimate of drug-likeness (QED) is 0.696. The van der Waals surface area contributed by atoms with E-state index in [1.165, 1.54) is 12.8 Å². The van der Waals surface area contributed by atoms with Crippen LogP contribution < -0.4 is 5.73 Å². The van der Waals surface area contributed by atoms with E-state index in [9.17, 15) is 0 Å². The van der Waals surface area contributed by atoms with Crippen molar-refractivity contribution in [2.24, 2.45) is 5.73 Å². The van der Waals surface area contributed by atoms with Crippen LogP contribution in [0.2, 0.25) is 0 Å². The van der Waals surface area contributed by atoms with Gasteiger partial charge in [-0.2, -0.15) is 0 Å². The molecule has 0 aliphatic rings. The number of nitrogens with two attached hydrogens (primary N) is 1. The molecule has 0 bridgehead atoms. The summed E-state index contributed by atoms with van der Waals surface area (Å²) < 4.78 is 0. The zero-order valence-corrected chi connectivity index (χ0v) is 9.65. The molecule has 2 heteroatoms. The van der Waals surface area contributed by atoms with Gasteiger partial charge in [0.05, 0.1) is 0 Å². The zero-order chi connectivity index (χ0) is 10.6. The topological polar surface area (TPSA) is 46.2 Å². The van der Waals surface area contributed by atoms with Crippen LogP contribution in [0.3, 0.4) is 0 Å². The van der Waals surface area contributed by atoms with E-state index >= 15 is 0 Å². The SMILES string of the molecule is CC.CCCCC(C)(C)N.CO. The van der Waals surface area contributed by atoms with Crippen molar-refractivity contribution in [2.75, 3.05) is 7.11 Å². The van der Waals surface area contributed by atoms with Gasteiger partial charge < -0.3 is 10.8 Å². The maximum absolute atomic E-state index is 7.00. The van der Waals surface area contributed by atoms with Gasteiger partial charge in [-0.05, 0) is 20.3 Å². The molecule has 0 heterocycles. The minimum atomic E-state index is 0.0516. The molecule has 0 unspecified atom stereocenters. The van der Waals surface area contributed by atoms with Crippen molar-refractivity contribution in [3.63, 3.8) is 0 Å². The zero-order valence-electron chi connectivity index (χ0n) is 9.65. The summed E-state index contributed by atoms with van der Waals surface area (Å²) in [5.74, 6) is 0. The molecule has 0 aromatic rings. The van der Waals surface area contributed by atoms with Crippen molar-refractivity contribution in [3.8, 4) is 0 Å². The summed E-state index contributed by atoms with van der Waals surface area (Å²) >= 11 is 0. The molecule has 0 aromatic heterocycles. The van der Waals surface area contributed by atoms with Gasteiger partial charge in [-0.15, -0.1) is 0 Å². The van der Waals surface area contributed by atoms with Gasteiger partial charge in [-0.25, -0.2) is 0 Å². The molecule has 0 spiro atoms. The van der Waals surface area contributed by atoms with Crippen LogP contribution in [0.15, 0.2) is 0 Å². The van der Waals surface area contributed by atoms with Gasteiger partial charge in [0.2, 0.25) is 0 Å². The van der Waals surface area contributed by atoms with Crippen LogP contribution in [0.4, 0.5) is 0 Å². The van der Waals surface area contributed by atoms with Gasteiger partial charge in [0.15, 0.2) is 0 Å². The van der Waals surface area contributed by atoms with Gasteiger partial charge in [0, 0.05) is 12.6 Å². The van der Waals surface area contributed by atoms with Crippen LogP contribution in [-0.2, 0) is 0 Å². The number of hydrogen-bond acceptors (Lipinski definition) is 2. The van der Waals surface area contributed by atoms with E-state index in [2.05, 4.69) is 20.8 Å². The van der Waals surface area contributed by atoms with Crippen LogP contribution >= 0.6 is 0 Å². The van der Waals surface area contributed by atoms with E-state index in [1.54, 1.807) is 0 Å². The van der Waals surface area contributed by atoms with Crippen molar-refractivity contribution in [3.05, 3.63) is 0 Å². The average Bonchev–Trinajstić information content (AvgIpc) is 2.07. The number of aliphatic hydroxyl groups is 1. The van der Waals surface area contributed by atoms with Crippen LogP contribution in [0, 0.1) is 0 Å². The van der Waals surface area contributed by atoms with Crippen LogP contribution in [0.5, 0.6) is 0 Å². The Morgan fingerprint density at radius 3 is 1.58 bits per heavy atom. The minimum Gasteiger partial charge on any atom is -0.400 e. The highest BCUT2D eigenvalue weighted by Gasteiger charge is 2.07. The molecule has 12 heavy (non-hydrogen) atoms. The first-order valence-electron chi connectivity index (χ1n) is 4.80. The Morgan fingerprint density at radius 2 is 1.50 bits per heavy atom. The Kier molecular flexibility index (Phi) is 20.1. The summed E-state index contributed by atoms with van der Waals surface area (Å²) in [6, 6.07) is 0. The summed E-state index contributed by atoms with van der Waals surface area (Å²) in [6.07, 6.45) is 3.65. The van der Waals surface area contributed by atoms with Crippen molar-refractivity contribution in [2.45, 2.75) is 59.4 Å². The van der Waals surface area contributed by atoms with E-state index in [1.807, 2.05) is 13.8 Å². The van der Waals surface area contributed by atoms with Crippen LogP contribution in [0.25, 0.3) is 0 Å². The second kappa shape index (κ2) is 13.5. The Bertz CT molecular complexity index is 57.3. The largest absolute Gasteiger partial charge is 0.400 e. The molecular formula is C10H27NO. The number of rotatable bonds is 3. The van der Waals surface area contributed by atoms with Gasteiger partial charge >= 0.3 is 0 Å². The monoisotopic (exact) mass is 177 g/mol. The highest BCUT2D eigenvalue weighted by Crippen LogP contribution is 2.07. The molecular weight excluding hydrogens is 150 g/mol. The third-order valence-corrected chi connectivity index (χ3v) is 1.17. The van der Waals surface area contributed by atoms with Gasteiger partial charge in [0.1, 0.15) is 0 Å². The maximum atomic E-state index is 7.00. The first-order chi connectivity index (χ1) is 5.56. The lowest BCUT2D eigenvalue weighted by atomic mass is 9.99. The number of hydrogen-bond donors (Lipinski definition) is 2. The molecule has 0 amide bonds. The fourth-order valence-corrected chi connectivity index (χ4v) is 0.632. The Hall–Kier alpha value is -0.0800. The molecule has 0 saturated heterocycles. The number of aliphatic hydroxyl groups excluding tert-OH is 1. The van der Waals surface area contributed by atoms with Crippen molar-refractivity contribution < 1.29 is 5.11 Å². The summed E-state index contributed by atoms with van der Waals surface area (Å²) in [5.41, 5.74) is 5.77. The Morgan fingerprint density at radius 1 is 1.17 bits per heavy atom. The van der Waals surface area contributed by atoms with E-state index in [0.717, 1.165) is 13.5 Å². The normalized spacial score (nSPS) is 9.00. The first-order valence-corrected chi connectivity index (χ1v) is 4.80. The van der Waals surface area contributed by atoms with E-state index in [0.29, 0.717) is 0 Å². The van der Waals surface area contributed by atoms with Crippen molar-refractivity contribution in [1.82, 2.24) is 0 Å². The molecule has 0 fully saturated rings. The summed E-state index contributed by atoms with van der Waals surface area (Å²) in [7, 11) is 1.00. The molecule has 0 rings (SSSR count). The predicted molar refractivity (Wildman–Crippen MR) is 57.3 cm³/mol. The van der Waals surface area contributed by atoms with E-state index in [-0.39, 0.29) is 5.54 Å². The lowest BCUT2D eigenvalue weighted by molar-refractivity contribution is 0.399. The molecule has 0 saturated carbocycles. The van der Waals surface area contributed by atoms with Crippen LogP contribution in [-0.4, -0.2) is 17.8 Å². The van der Waals surface area contributed by atoms with Crippen molar-refractivity contribution >= 4 is 0 Å².